The number of likely N-dealkylation sites (tertiary alicyclic amines) is 1. The lowest BCUT2D eigenvalue weighted by Crippen LogP contribution is -2.25. The summed E-state index contributed by atoms with van der Waals surface area (Å²) in [5.41, 5.74) is 1.25. The van der Waals surface area contributed by atoms with Crippen LogP contribution >= 0.6 is 0 Å². The predicted molar refractivity (Wildman–Crippen MR) is 69.3 cm³/mol. The van der Waals surface area contributed by atoms with E-state index in [1.54, 1.807) is 18.2 Å². The van der Waals surface area contributed by atoms with Gasteiger partial charge < -0.3 is 9.84 Å². The van der Waals surface area contributed by atoms with E-state index in [1.807, 2.05) is 6.92 Å². The molecule has 0 spiro atoms. The molecule has 1 aliphatic heterocycles. The van der Waals surface area contributed by atoms with Crippen LogP contribution < -0.4 is 4.74 Å². The second-order valence-electron chi connectivity index (χ2n) is 4.70. The van der Waals surface area contributed by atoms with E-state index < -0.39 is 5.97 Å². The van der Waals surface area contributed by atoms with Crippen molar-refractivity contribution >= 4 is 5.97 Å². The van der Waals surface area contributed by atoms with Gasteiger partial charge in [-0.2, -0.15) is 0 Å². The second-order valence-corrected chi connectivity index (χ2v) is 4.70. The van der Waals surface area contributed by atoms with Gasteiger partial charge >= 0.3 is 5.97 Å². The number of carbonyl (C=O) groups is 1. The van der Waals surface area contributed by atoms with Crippen LogP contribution in [0.5, 0.6) is 5.75 Å². The van der Waals surface area contributed by atoms with Crippen molar-refractivity contribution in [3.05, 3.63) is 29.3 Å². The van der Waals surface area contributed by atoms with Crippen LogP contribution in [0.2, 0.25) is 0 Å². The molecule has 1 aliphatic rings. The lowest BCUT2D eigenvalue weighted by Gasteiger charge is -2.16. The van der Waals surface area contributed by atoms with Crippen molar-refractivity contribution < 1.29 is 14.6 Å². The summed E-state index contributed by atoms with van der Waals surface area (Å²) in [5, 5.41) is 9.08. The van der Waals surface area contributed by atoms with E-state index in [9.17, 15) is 4.79 Å². The molecule has 0 radical (unpaired) electrons. The van der Waals surface area contributed by atoms with Crippen LogP contribution in [0.15, 0.2) is 18.2 Å². The minimum atomic E-state index is -0.939. The van der Waals surface area contributed by atoms with Gasteiger partial charge in [0.2, 0.25) is 0 Å². The van der Waals surface area contributed by atoms with Crippen LogP contribution in [0.3, 0.4) is 0 Å². The van der Waals surface area contributed by atoms with Crippen molar-refractivity contribution in [1.29, 1.82) is 0 Å². The number of rotatable bonds is 5. The first-order valence-electron chi connectivity index (χ1n) is 6.36. The zero-order valence-electron chi connectivity index (χ0n) is 10.7. The molecular formula is C14H19NO3. The topological polar surface area (TPSA) is 49.8 Å². The van der Waals surface area contributed by atoms with Crippen molar-refractivity contribution in [1.82, 2.24) is 4.90 Å². The third-order valence-electron chi connectivity index (χ3n) is 3.23. The summed E-state index contributed by atoms with van der Waals surface area (Å²) in [6.45, 7) is 5.60. The molecule has 0 bridgehead atoms. The maximum Gasteiger partial charge on any atom is 0.339 e. The lowest BCUT2D eigenvalue weighted by atomic mass is 10.1. The Morgan fingerprint density at radius 2 is 2.11 bits per heavy atom. The number of ether oxygens (including phenoxy) is 1. The van der Waals surface area contributed by atoms with Crippen molar-refractivity contribution in [2.75, 3.05) is 26.2 Å². The fourth-order valence-corrected chi connectivity index (χ4v) is 2.22. The van der Waals surface area contributed by atoms with Crippen LogP contribution in [0.4, 0.5) is 0 Å². The fraction of sp³-hybridized carbons (Fsp3) is 0.500. The SMILES string of the molecule is Cc1ccc(C(=O)O)c(OCCN2CCCC2)c1. The third kappa shape index (κ3) is 3.23. The second kappa shape index (κ2) is 5.87. The molecule has 1 fully saturated rings. The van der Waals surface area contributed by atoms with E-state index in [0.29, 0.717) is 12.4 Å². The van der Waals surface area contributed by atoms with Gasteiger partial charge in [0.15, 0.2) is 0 Å². The minimum absolute atomic E-state index is 0.238. The molecule has 4 heteroatoms. The molecule has 98 valence electrons. The van der Waals surface area contributed by atoms with Gasteiger partial charge in [0.1, 0.15) is 17.9 Å². The van der Waals surface area contributed by atoms with Crippen molar-refractivity contribution in [2.45, 2.75) is 19.8 Å². The van der Waals surface area contributed by atoms with Crippen LogP contribution in [-0.4, -0.2) is 42.2 Å². The molecule has 0 aromatic heterocycles. The van der Waals surface area contributed by atoms with E-state index in [2.05, 4.69) is 4.90 Å². The molecular weight excluding hydrogens is 230 g/mol. The van der Waals surface area contributed by atoms with Gasteiger partial charge in [-0.1, -0.05) is 6.07 Å². The molecule has 0 saturated carbocycles. The smallest absolute Gasteiger partial charge is 0.339 e. The van der Waals surface area contributed by atoms with Crippen molar-refractivity contribution in [3.63, 3.8) is 0 Å². The fourth-order valence-electron chi connectivity index (χ4n) is 2.22. The van der Waals surface area contributed by atoms with E-state index in [-0.39, 0.29) is 5.56 Å². The Labute approximate surface area is 107 Å². The zero-order chi connectivity index (χ0) is 13.0. The quantitative estimate of drug-likeness (QED) is 0.869. The highest BCUT2D eigenvalue weighted by atomic mass is 16.5. The number of nitrogens with zero attached hydrogens (tertiary/aromatic N) is 1. The highest BCUT2D eigenvalue weighted by Gasteiger charge is 2.13. The Hall–Kier alpha value is -1.55. The first-order valence-corrected chi connectivity index (χ1v) is 6.36. The third-order valence-corrected chi connectivity index (χ3v) is 3.23. The van der Waals surface area contributed by atoms with Crippen LogP contribution in [-0.2, 0) is 0 Å². The van der Waals surface area contributed by atoms with Gasteiger partial charge in [0, 0.05) is 6.54 Å². The molecule has 0 atom stereocenters. The maximum atomic E-state index is 11.1. The molecule has 1 N–H and O–H groups in total. The van der Waals surface area contributed by atoms with Gasteiger partial charge in [-0.25, -0.2) is 4.79 Å². The van der Waals surface area contributed by atoms with Crippen molar-refractivity contribution in [2.24, 2.45) is 0 Å². The highest BCUT2D eigenvalue weighted by molar-refractivity contribution is 5.90. The van der Waals surface area contributed by atoms with Crippen molar-refractivity contribution in [3.8, 4) is 5.75 Å². The molecule has 2 rings (SSSR count). The molecule has 18 heavy (non-hydrogen) atoms. The Morgan fingerprint density at radius 1 is 1.39 bits per heavy atom. The number of benzene rings is 1. The predicted octanol–water partition coefficient (Wildman–Crippen LogP) is 2.17. The first-order chi connectivity index (χ1) is 8.66. The zero-order valence-corrected chi connectivity index (χ0v) is 10.7. The molecule has 1 heterocycles. The summed E-state index contributed by atoms with van der Waals surface area (Å²) >= 11 is 0. The molecule has 0 unspecified atom stereocenters. The Balaban J connectivity index is 1.94. The summed E-state index contributed by atoms with van der Waals surface area (Å²) in [6, 6.07) is 5.17. The Kier molecular flexibility index (Phi) is 4.20. The number of hydrogen-bond donors (Lipinski definition) is 1. The van der Waals surface area contributed by atoms with E-state index in [0.717, 1.165) is 25.2 Å². The largest absolute Gasteiger partial charge is 0.491 e. The van der Waals surface area contributed by atoms with Gasteiger partial charge in [0.05, 0.1) is 0 Å². The van der Waals surface area contributed by atoms with Gasteiger partial charge in [-0.05, 0) is 50.6 Å². The molecule has 1 aromatic rings. The lowest BCUT2D eigenvalue weighted by molar-refractivity contribution is 0.0691. The van der Waals surface area contributed by atoms with Gasteiger partial charge in [-0.3, -0.25) is 4.90 Å². The summed E-state index contributed by atoms with van der Waals surface area (Å²) in [6.07, 6.45) is 2.51. The van der Waals surface area contributed by atoms with Crippen LogP contribution in [0.25, 0.3) is 0 Å². The molecule has 1 aromatic carbocycles. The monoisotopic (exact) mass is 249 g/mol. The minimum Gasteiger partial charge on any atom is -0.491 e. The van der Waals surface area contributed by atoms with E-state index in [4.69, 9.17) is 9.84 Å². The van der Waals surface area contributed by atoms with Gasteiger partial charge in [0.25, 0.3) is 0 Å². The summed E-state index contributed by atoms with van der Waals surface area (Å²) in [4.78, 5) is 13.4. The molecule has 1 saturated heterocycles. The number of aryl methyl sites for hydroxylation is 1. The Morgan fingerprint density at radius 3 is 2.78 bits per heavy atom. The van der Waals surface area contributed by atoms with E-state index >= 15 is 0 Å². The molecule has 4 nitrogen and oxygen atoms in total. The number of carboxylic acid groups (broad SMARTS) is 1. The van der Waals surface area contributed by atoms with Gasteiger partial charge in [-0.15, -0.1) is 0 Å². The normalized spacial score (nSPS) is 15.8. The maximum absolute atomic E-state index is 11.1. The Bertz CT molecular complexity index is 425. The first kappa shape index (κ1) is 12.9. The van der Waals surface area contributed by atoms with Crippen LogP contribution in [0.1, 0.15) is 28.8 Å². The van der Waals surface area contributed by atoms with Crippen LogP contribution in [0, 0.1) is 6.92 Å². The number of hydrogen-bond acceptors (Lipinski definition) is 3. The molecule has 0 aliphatic carbocycles. The average molecular weight is 249 g/mol. The highest BCUT2D eigenvalue weighted by Crippen LogP contribution is 2.20. The summed E-state index contributed by atoms with van der Waals surface area (Å²) < 4.78 is 5.62. The summed E-state index contributed by atoms with van der Waals surface area (Å²) in [7, 11) is 0. The molecule has 0 amide bonds. The standard InChI is InChI=1S/C14H19NO3/c1-11-4-5-12(14(16)17)13(10-11)18-9-8-15-6-2-3-7-15/h4-5,10H,2-3,6-9H2,1H3,(H,16,17). The van der Waals surface area contributed by atoms with E-state index in [1.165, 1.54) is 12.8 Å². The number of carboxylic acids is 1. The number of aromatic carboxylic acids is 1. The summed E-state index contributed by atoms with van der Waals surface area (Å²) in [5.74, 6) is -0.465. The average Bonchev–Trinajstić information content (AvgIpc) is 2.82.